The van der Waals surface area contributed by atoms with E-state index in [2.05, 4.69) is 24.1 Å². The van der Waals surface area contributed by atoms with Crippen LogP contribution in [0.3, 0.4) is 0 Å². The van der Waals surface area contributed by atoms with Gasteiger partial charge in [-0.15, -0.1) is 0 Å². The molecule has 106 valence electrons. The van der Waals surface area contributed by atoms with Crippen molar-refractivity contribution in [3.63, 3.8) is 0 Å². The highest BCUT2D eigenvalue weighted by Gasteiger charge is 2.18. The highest BCUT2D eigenvalue weighted by Crippen LogP contribution is 2.24. The van der Waals surface area contributed by atoms with E-state index in [1.54, 1.807) is 0 Å². The Kier molecular flexibility index (Phi) is 5.05. The van der Waals surface area contributed by atoms with Crippen LogP contribution in [0.2, 0.25) is 0 Å². The molecular weight excluding hydrogens is 248 g/mol. The van der Waals surface area contributed by atoms with Crippen molar-refractivity contribution in [2.45, 2.75) is 26.7 Å². The van der Waals surface area contributed by atoms with Crippen LogP contribution in [0.4, 0.5) is 17.3 Å². The topological polar surface area (TPSA) is 114 Å². The Balaban J connectivity index is 2.63. The average Bonchev–Trinajstić information content (AvgIpc) is 2.34. The number of rotatable bonds is 7. The van der Waals surface area contributed by atoms with Gasteiger partial charge in [0, 0.05) is 19.2 Å². The number of hydrogen-bond acceptors (Lipinski definition) is 6. The van der Waals surface area contributed by atoms with Crippen molar-refractivity contribution in [3.8, 4) is 0 Å². The Labute approximate surface area is 112 Å². The molecule has 0 aromatic carbocycles. The number of nitrogens with one attached hydrogen (secondary N) is 1. The number of aliphatic hydroxyl groups is 1. The van der Waals surface area contributed by atoms with Gasteiger partial charge in [0.1, 0.15) is 5.82 Å². The van der Waals surface area contributed by atoms with E-state index in [4.69, 9.17) is 10.8 Å². The first-order valence-corrected chi connectivity index (χ1v) is 6.11. The van der Waals surface area contributed by atoms with E-state index in [0.29, 0.717) is 12.4 Å². The zero-order valence-corrected chi connectivity index (χ0v) is 11.2. The Bertz CT molecular complexity index is 449. The van der Waals surface area contributed by atoms with Crippen LogP contribution in [0.25, 0.3) is 0 Å². The number of hydrogen-bond donors (Lipinski definition) is 3. The molecule has 0 spiro atoms. The lowest BCUT2D eigenvalue weighted by atomic mass is 9.88. The second-order valence-electron chi connectivity index (χ2n) is 5.20. The van der Waals surface area contributed by atoms with Crippen molar-refractivity contribution >= 4 is 17.3 Å². The van der Waals surface area contributed by atoms with E-state index in [1.165, 1.54) is 12.1 Å². The summed E-state index contributed by atoms with van der Waals surface area (Å²) in [6.07, 6.45) is 1.61. The maximum absolute atomic E-state index is 10.6. The summed E-state index contributed by atoms with van der Waals surface area (Å²) in [6.45, 7) is 4.97. The molecule has 7 nitrogen and oxygen atoms in total. The maximum Gasteiger partial charge on any atom is 0.311 e. The first-order chi connectivity index (χ1) is 8.85. The SMILES string of the molecule is CC(C)(CCCO)CNc1ccc([N+](=O)[O-])c(N)n1. The van der Waals surface area contributed by atoms with Gasteiger partial charge < -0.3 is 16.2 Å². The third kappa shape index (κ3) is 4.70. The van der Waals surface area contributed by atoms with E-state index >= 15 is 0 Å². The number of nitrogens with two attached hydrogens (primary N) is 1. The molecule has 1 aromatic rings. The maximum atomic E-state index is 10.6. The van der Waals surface area contributed by atoms with Crippen LogP contribution in [0.5, 0.6) is 0 Å². The molecule has 7 heteroatoms. The third-order valence-electron chi connectivity index (χ3n) is 2.86. The van der Waals surface area contributed by atoms with Gasteiger partial charge in [-0.25, -0.2) is 4.98 Å². The largest absolute Gasteiger partial charge is 0.396 e. The second-order valence-corrected chi connectivity index (χ2v) is 5.20. The predicted octanol–water partition coefficient (Wildman–Crippen LogP) is 1.78. The van der Waals surface area contributed by atoms with E-state index < -0.39 is 4.92 Å². The normalized spacial score (nSPS) is 11.3. The Hall–Kier alpha value is -1.89. The number of nitro groups is 1. The number of nitrogen functional groups attached to an aromatic ring is 1. The molecule has 0 aliphatic carbocycles. The third-order valence-corrected chi connectivity index (χ3v) is 2.86. The lowest BCUT2D eigenvalue weighted by Crippen LogP contribution is -2.24. The molecule has 0 saturated heterocycles. The van der Waals surface area contributed by atoms with Crippen molar-refractivity contribution in [1.29, 1.82) is 0 Å². The minimum Gasteiger partial charge on any atom is -0.396 e. The minimum atomic E-state index is -0.558. The van der Waals surface area contributed by atoms with Gasteiger partial charge in [-0.1, -0.05) is 13.8 Å². The first-order valence-electron chi connectivity index (χ1n) is 6.11. The summed E-state index contributed by atoms with van der Waals surface area (Å²) in [4.78, 5) is 14.0. The van der Waals surface area contributed by atoms with Crippen LogP contribution >= 0.6 is 0 Å². The summed E-state index contributed by atoms with van der Waals surface area (Å²) in [7, 11) is 0. The van der Waals surface area contributed by atoms with Crippen molar-refractivity contribution in [2.75, 3.05) is 24.2 Å². The molecule has 1 heterocycles. The number of aliphatic hydroxyl groups excluding tert-OH is 1. The molecule has 0 saturated carbocycles. The molecule has 0 atom stereocenters. The fourth-order valence-corrected chi connectivity index (χ4v) is 1.70. The Morgan fingerprint density at radius 3 is 2.74 bits per heavy atom. The van der Waals surface area contributed by atoms with Crippen molar-refractivity contribution in [2.24, 2.45) is 5.41 Å². The van der Waals surface area contributed by atoms with Gasteiger partial charge in [0.2, 0.25) is 5.82 Å². The summed E-state index contributed by atoms with van der Waals surface area (Å²) >= 11 is 0. The van der Waals surface area contributed by atoms with Gasteiger partial charge in [0.15, 0.2) is 0 Å². The number of anilines is 2. The van der Waals surface area contributed by atoms with Crippen LogP contribution in [0.1, 0.15) is 26.7 Å². The summed E-state index contributed by atoms with van der Waals surface area (Å²) < 4.78 is 0. The molecule has 0 aliphatic rings. The monoisotopic (exact) mass is 268 g/mol. The summed E-state index contributed by atoms with van der Waals surface area (Å²) in [5.74, 6) is 0.420. The quantitative estimate of drug-likeness (QED) is 0.513. The Morgan fingerprint density at radius 1 is 1.53 bits per heavy atom. The molecule has 0 aliphatic heterocycles. The van der Waals surface area contributed by atoms with Crippen molar-refractivity contribution in [1.82, 2.24) is 4.98 Å². The number of aromatic nitrogens is 1. The van der Waals surface area contributed by atoms with Gasteiger partial charge in [0.25, 0.3) is 0 Å². The summed E-state index contributed by atoms with van der Waals surface area (Å²) in [6, 6.07) is 2.88. The highest BCUT2D eigenvalue weighted by molar-refractivity contribution is 5.57. The molecule has 19 heavy (non-hydrogen) atoms. The van der Waals surface area contributed by atoms with Crippen LogP contribution in [0, 0.1) is 15.5 Å². The summed E-state index contributed by atoms with van der Waals surface area (Å²) in [5.41, 5.74) is 5.33. The second kappa shape index (κ2) is 6.33. The lowest BCUT2D eigenvalue weighted by Gasteiger charge is -2.24. The number of nitrogens with zero attached hydrogens (tertiary/aromatic N) is 2. The molecule has 0 radical (unpaired) electrons. The fraction of sp³-hybridized carbons (Fsp3) is 0.583. The van der Waals surface area contributed by atoms with Gasteiger partial charge >= 0.3 is 5.69 Å². The van der Waals surface area contributed by atoms with Gasteiger partial charge in [-0.3, -0.25) is 10.1 Å². The van der Waals surface area contributed by atoms with E-state index in [-0.39, 0.29) is 23.5 Å². The molecule has 0 amide bonds. The first kappa shape index (κ1) is 15.2. The van der Waals surface area contributed by atoms with Gasteiger partial charge in [-0.2, -0.15) is 0 Å². The molecule has 1 rings (SSSR count). The fourth-order valence-electron chi connectivity index (χ4n) is 1.70. The number of pyridine rings is 1. The predicted molar refractivity (Wildman–Crippen MR) is 73.9 cm³/mol. The van der Waals surface area contributed by atoms with E-state index in [1.807, 2.05) is 0 Å². The van der Waals surface area contributed by atoms with Crippen LogP contribution in [-0.4, -0.2) is 28.2 Å². The lowest BCUT2D eigenvalue weighted by molar-refractivity contribution is -0.384. The molecule has 4 N–H and O–H groups in total. The minimum absolute atomic E-state index is 0.000939. The van der Waals surface area contributed by atoms with Crippen molar-refractivity contribution in [3.05, 3.63) is 22.2 Å². The Morgan fingerprint density at radius 2 is 2.21 bits per heavy atom. The molecule has 1 aromatic heterocycles. The molecular formula is C12H20N4O3. The smallest absolute Gasteiger partial charge is 0.311 e. The van der Waals surface area contributed by atoms with E-state index in [0.717, 1.165) is 12.8 Å². The summed E-state index contributed by atoms with van der Waals surface area (Å²) in [5, 5.41) is 22.5. The zero-order chi connectivity index (χ0) is 14.5. The average molecular weight is 268 g/mol. The van der Waals surface area contributed by atoms with Gasteiger partial charge in [-0.05, 0) is 24.3 Å². The highest BCUT2D eigenvalue weighted by atomic mass is 16.6. The molecule has 0 unspecified atom stereocenters. The van der Waals surface area contributed by atoms with E-state index in [9.17, 15) is 10.1 Å². The standard InChI is InChI=1S/C12H20N4O3/c1-12(2,6-3-7-17)8-14-10-5-4-9(16(18)19)11(13)15-10/h4-5,17H,3,6-8H2,1-2H3,(H3,13,14,15). The van der Waals surface area contributed by atoms with Crippen LogP contribution in [-0.2, 0) is 0 Å². The van der Waals surface area contributed by atoms with Crippen LogP contribution < -0.4 is 11.1 Å². The zero-order valence-electron chi connectivity index (χ0n) is 11.2. The van der Waals surface area contributed by atoms with Gasteiger partial charge in [0.05, 0.1) is 4.92 Å². The molecule has 0 bridgehead atoms. The molecule has 0 fully saturated rings. The van der Waals surface area contributed by atoms with Crippen LogP contribution in [0.15, 0.2) is 12.1 Å². The van der Waals surface area contributed by atoms with Crippen molar-refractivity contribution < 1.29 is 10.0 Å².